The molecule has 0 aliphatic rings. The summed E-state index contributed by atoms with van der Waals surface area (Å²) in [5.74, 6) is 1.84. The Bertz CT molecular complexity index is 410. The summed E-state index contributed by atoms with van der Waals surface area (Å²) in [6.07, 6.45) is 2.49. The fourth-order valence-electron chi connectivity index (χ4n) is 1.44. The lowest BCUT2D eigenvalue weighted by atomic mass is 10.1. The molecular weight excluding hydrogens is 220 g/mol. The molecule has 0 heterocycles. The lowest BCUT2D eigenvalue weighted by molar-refractivity contribution is -0.104. The van der Waals surface area contributed by atoms with Crippen molar-refractivity contribution in [3.8, 4) is 17.2 Å². The Morgan fingerprint density at radius 3 is 1.94 bits per heavy atom. The molecule has 0 spiro atoms. The van der Waals surface area contributed by atoms with E-state index in [1.54, 1.807) is 46.5 Å². The normalized spacial score (nSPS) is 10.9. The van der Waals surface area contributed by atoms with E-state index in [1.165, 1.54) is 0 Å². The maximum absolute atomic E-state index is 10.7. The number of allylic oxidation sites excluding steroid dienone is 1. The molecule has 4 heteroatoms. The maximum Gasteiger partial charge on any atom is 0.145 e. The van der Waals surface area contributed by atoms with Crippen LogP contribution in [0.15, 0.2) is 17.7 Å². The highest BCUT2D eigenvalue weighted by Crippen LogP contribution is 2.35. The van der Waals surface area contributed by atoms with Gasteiger partial charge in [0.2, 0.25) is 0 Å². The molecule has 0 unspecified atom stereocenters. The van der Waals surface area contributed by atoms with Crippen molar-refractivity contribution in [1.29, 1.82) is 0 Å². The summed E-state index contributed by atoms with van der Waals surface area (Å²) in [6.45, 7) is 1.72. The number of methoxy groups -OCH3 is 3. The van der Waals surface area contributed by atoms with E-state index in [0.717, 1.165) is 11.8 Å². The van der Waals surface area contributed by atoms with Crippen LogP contribution in [0.1, 0.15) is 12.5 Å². The van der Waals surface area contributed by atoms with Gasteiger partial charge in [-0.25, -0.2) is 0 Å². The van der Waals surface area contributed by atoms with Gasteiger partial charge in [-0.05, 0) is 18.6 Å². The number of rotatable bonds is 5. The van der Waals surface area contributed by atoms with Crippen molar-refractivity contribution in [2.45, 2.75) is 6.92 Å². The molecule has 1 aromatic carbocycles. The SMILES string of the molecule is COc1cc(OC)c(C=C(C)C=O)c(OC)c1. The van der Waals surface area contributed by atoms with Gasteiger partial charge in [0, 0.05) is 12.1 Å². The molecular formula is C13H16O4. The highest BCUT2D eigenvalue weighted by atomic mass is 16.5. The van der Waals surface area contributed by atoms with E-state index >= 15 is 0 Å². The number of carbonyl (C=O) groups excluding carboxylic acids is 1. The zero-order valence-electron chi connectivity index (χ0n) is 10.4. The molecule has 0 fully saturated rings. The quantitative estimate of drug-likeness (QED) is 0.581. The molecule has 1 rings (SSSR count). The maximum atomic E-state index is 10.7. The van der Waals surface area contributed by atoms with Crippen LogP contribution in [-0.4, -0.2) is 27.6 Å². The van der Waals surface area contributed by atoms with Crippen LogP contribution in [0, 0.1) is 0 Å². The van der Waals surface area contributed by atoms with Gasteiger partial charge >= 0.3 is 0 Å². The highest BCUT2D eigenvalue weighted by Gasteiger charge is 2.11. The second-order valence-corrected chi connectivity index (χ2v) is 3.45. The van der Waals surface area contributed by atoms with Crippen LogP contribution >= 0.6 is 0 Å². The topological polar surface area (TPSA) is 44.8 Å². The summed E-state index contributed by atoms with van der Waals surface area (Å²) in [6, 6.07) is 3.48. The minimum Gasteiger partial charge on any atom is -0.496 e. The standard InChI is InChI=1S/C13H16O4/c1-9(8-14)5-11-12(16-3)6-10(15-2)7-13(11)17-4/h5-8H,1-4H3. The molecule has 4 nitrogen and oxygen atoms in total. The first-order valence-electron chi connectivity index (χ1n) is 5.09. The first-order valence-corrected chi connectivity index (χ1v) is 5.09. The Morgan fingerprint density at radius 2 is 1.59 bits per heavy atom. The van der Waals surface area contributed by atoms with Crippen LogP contribution in [0.5, 0.6) is 17.2 Å². The van der Waals surface area contributed by atoms with Crippen molar-refractivity contribution in [3.05, 3.63) is 23.3 Å². The van der Waals surface area contributed by atoms with Crippen molar-refractivity contribution in [2.24, 2.45) is 0 Å². The molecule has 0 atom stereocenters. The average molecular weight is 236 g/mol. The molecule has 0 aliphatic carbocycles. The van der Waals surface area contributed by atoms with Gasteiger partial charge in [-0.1, -0.05) is 0 Å². The van der Waals surface area contributed by atoms with Crippen LogP contribution in [-0.2, 0) is 4.79 Å². The third-order valence-electron chi connectivity index (χ3n) is 2.31. The summed E-state index contributed by atoms with van der Waals surface area (Å²) in [4.78, 5) is 10.7. The number of hydrogen-bond donors (Lipinski definition) is 0. The van der Waals surface area contributed by atoms with Gasteiger partial charge in [0.05, 0.1) is 26.9 Å². The Labute approximate surface area is 101 Å². The minimum atomic E-state index is 0.590. The predicted octanol–water partition coefficient (Wildman–Crippen LogP) is 2.31. The Morgan fingerprint density at radius 1 is 1.06 bits per heavy atom. The van der Waals surface area contributed by atoms with E-state index in [-0.39, 0.29) is 0 Å². The lowest BCUT2D eigenvalue weighted by Crippen LogP contribution is -1.95. The van der Waals surface area contributed by atoms with E-state index in [0.29, 0.717) is 22.8 Å². The number of ether oxygens (including phenoxy) is 3. The van der Waals surface area contributed by atoms with Gasteiger partial charge in [-0.15, -0.1) is 0 Å². The minimum absolute atomic E-state index is 0.590. The van der Waals surface area contributed by atoms with E-state index in [1.807, 2.05) is 0 Å². The first kappa shape index (κ1) is 13.1. The smallest absolute Gasteiger partial charge is 0.145 e. The van der Waals surface area contributed by atoms with Crippen LogP contribution in [0.4, 0.5) is 0 Å². The number of carbonyl (C=O) groups is 1. The summed E-state index contributed by atoms with van der Waals surface area (Å²) < 4.78 is 15.6. The summed E-state index contributed by atoms with van der Waals surface area (Å²) >= 11 is 0. The van der Waals surface area contributed by atoms with Crippen molar-refractivity contribution in [3.63, 3.8) is 0 Å². The second kappa shape index (κ2) is 5.94. The van der Waals surface area contributed by atoms with Crippen LogP contribution in [0.3, 0.4) is 0 Å². The average Bonchev–Trinajstić information content (AvgIpc) is 2.38. The lowest BCUT2D eigenvalue weighted by Gasteiger charge is -2.12. The van der Waals surface area contributed by atoms with Gasteiger partial charge in [0.25, 0.3) is 0 Å². The molecule has 0 N–H and O–H groups in total. The highest BCUT2D eigenvalue weighted by molar-refractivity contribution is 5.83. The number of benzene rings is 1. The summed E-state index contributed by atoms with van der Waals surface area (Å²) in [5.41, 5.74) is 1.31. The largest absolute Gasteiger partial charge is 0.496 e. The van der Waals surface area contributed by atoms with Crippen LogP contribution in [0.25, 0.3) is 6.08 Å². The Kier molecular flexibility index (Phi) is 4.57. The zero-order chi connectivity index (χ0) is 12.8. The van der Waals surface area contributed by atoms with Gasteiger partial charge in [0.15, 0.2) is 0 Å². The third kappa shape index (κ3) is 3.00. The molecule has 0 saturated carbocycles. The fraction of sp³-hybridized carbons (Fsp3) is 0.308. The number of hydrogen-bond acceptors (Lipinski definition) is 4. The Balaban J connectivity index is 3.39. The van der Waals surface area contributed by atoms with E-state index in [2.05, 4.69) is 0 Å². The molecule has 17 heavy (non-hydrogen) atoms. The molecule has 0 aliphatic heterocycles. The monoisotopic (exact) mass is 236 g/mol. The molecule has 0 amide bonds. The van der Waals surface area contributed by atoms with Crippen molar-refractivity contribution < 1.29 is 19.0 Å². The van der Waals surface area contributed by atoms with Crippen molar-refractivity contribution >= 4 is 12.4 Å². The predicted molar refractivity (Wildman–Crippen MR) is 65.8 cm³/mol. The molecule has 0 aromatic heterocycles. The van der Waals surface area contributed by atoms with Gasteiger partial charge < -0.3 is 14.2 Å². The molecule has 0 radical (unpaired) electrons. The second-order valence-electron chi connectivity index (χ2n) is 3.45. The third-order valence-corrected chi connectivity index (χ3v) is 2.31. The van der Waals surface area contributed by atoms with Gasteiger partial charge in [-0.3, -0.25) is 4.79 Å². The molecule has 0 bridgehead atoms. The molecule has 92 valence electrons. The first-order chi connectivity index (χ1) is 8.15. The fourth-order valence-corrected chi connectivity index (χ4v) is 1.44. The van der Waals surface area contributed by atoms with Crippen molar-refractivity contribution in [1.82, 2.24) is 0 Å². The van der Waals surface area contributed by atoms with E-state index < -0.39 is 0 Å². The number of aldehydes is 1. The van der Waals surface area contributed by atoms with Gasteiger partial charge in [-0.2, -0.15) is 0 Å². The van der Waals surface area contributed by atoms with Gasteiger partial charge in [0.1, 0.15) is 23.5 Å². The zero-order valence-corrected chi connectivity index (χ0v) is 10.4. The molecule has 1 aromatic rings. The summed E-state index contributed by atoms with van der Waals surface area (Å²) in [7, 11) is 4.68. The van der Waals surface area contributed by atoms with Crippen LogP contribution < -0.4 is 14.2 Å². The molecule has 0 saturated heterocycles. The van der Waals surface area contributed by atoms with E-state index in [4.69, 9.17) is 14.2 Å². The van der Waals surface area contributed by atoms with Crippen LogP contribution in [0.2, 0.25) is 0 Å². The summed E-state index contributed by atoms with van der Waals surface area (Å²) in [5, 5.41) is 0. The van der Waals surface area contributed by atoms with E-state index in [9.17, 15) is 4.79 Å². The Hall–Kier alpha value is -1.97. The van der Waals surface area contributed by atoms with Crippen molar-refractivity contribution in [2.75, 3.05) is 21.3 Å².